The zero-order chi connectivity index (χ0) is 14.7. The number of hydrogen-bond acceptors (Lipinski definition) is 2. The summed E-state index contributed by atoms with van der Waals surface area (Å²) in [5.74, 6) is 0. The average molecular weight is 281 g/mol. The maximum absolute atomic E-state index is 6.15. The van der Waals surface area contributed by atoms with E-state index in [1.54, 1.807) is 0 Å². The number of hydrogen-bond donors (Lipinski definition) is 1. The minimum atomic E-state index is -0.0961. The molecule has 0 saturated carbocycles. The third kappa shape index (κ3) is 3.02. The topological polar surface area (TPSA) is 21.3 Å². The van der Waals surface area contributed by atoms with Crippen LogP contribution in [0.25, 0.3) is 0 Å². The maximum atomic E-state index is 6.15. The van der Waals surface area contributed by atoms with Crippen LogP contribution in [0.4, 0.5) is 0 Å². The van der Waals surface area contributed by atoms with Gasteiger partial charge in [0.1, 0.15) is 0 Å². The molecule has 1 aliphatic rings. The summed E-state index contributed by atoms with van der Waals surface area (Å²) in [7, 11) is 0. The van der Waals surface area contributed by atoms with Crippen LogP contribution in [0.1, 0.15) is 36.6 Å². The lowest BCUT2D eigenvalue weighted by atomic mass is 9.90. The van der Waals surface area contributed by atoms with Crippen molar-refractivity contribution < 1.29 is 4.74 Å². The van der Waals surface area contributed by atoms with Gasteiger partial charge in [-0.2, -0.15) is 0 Å². The van der Waals surface area contributed by atoms with Crippen LogP contribution in [0.2, 0.25) is 0 Å². The first-order valence-electron chi connectivity index (χ1n) is 7.72. The number of nitrogens with one attached hydrogen (secondary N) is 1. The summed E-state index contributed by atoms with van der Waals surface area (Å²) in [6.07, 6.45) is 1.23. The first-order valence-corrected chi connectivity index (χ1v) is 7.72. The summed E-state index contributed by atoms with van der Waals surface area (Å²) in [5, 5.41) is 3.66. The summed E-state index contributed by atoms with van der Waals surface area (Å²) in [5.41, 5.74) is 3.82. The number of rotatable bonds is 3. The van der Waals surface area contributed by atoms with E-state index >= 15 is 0 Å². The van der Waals surface area contributed by atoms with Crippen LogP contribution in [-0.2, 0) is 16.7 Å². The van der Waals surface area contributed by atoms with Crippen molar-refractivity contribution in [1.82, 2.24) is 5.32 Å². The lowest BCUT2D eigenvalue weighted by Crippen LogP contribution is -2.50. The van der Waals surface area contributed by atoms with Gasteiger partial charge in [-0.15, -0.1) is 0 Å². The molecular formula is C19H23NO. The third-order valence-corrected chi connectivity index (χ3v) is 4.42. The van der Waals surface area contributed by atoms with Gasteiger partial charge < -0.3 is 10.1 Å². The molecule has 3 rings (SSSR count). The van der Waals surface area contributed by atoms with Crippen molar-refractivity contribution in [1.29, 1.82) is 0 Å². The molecule has 1 fully saturated rings. The Kier molecular flexibility index (Phi) is 4.09. The van der Waals surface area contributed by atoms with Crippen molar-refractivity contribution in [3.05, 3.63) is 71.3 Å². The summed E-state index contributed by atoms with van der Waals surface area (Å²) in [6, 6.07) is 19.3. The fraction of sp³-hybridized carbons (Fsp3) is 0.368. The first-order chi connectivity index (χ1) is 10.2. The van der Waals surface area contributed by atoms with E-state index in [2.05, 4.69) is 73.8 Å². The van der Waals surface area contributed by atoms with E-state index in [9.17, 15) is 0 Å². The van der Waals surface area contributed by atoms with Gasteiger partial charge in [-0.05, 0) is 30.0 Å². The van der Waals surface area contributed by atoms with Crippen molar-refractivity contribution in [2.24, 2.45) is 0 Å². The standard InChI is InChI=1S/C19H23NO/c1-3-15-9-11-16(12-10-15)18-13-20-19(2,14-21-18)17-7-5-4-6-8-17/h4-12,18,20H,3,13-14H2,1-2H3. The van der Waals surface area contributed by atoms with Gasteiger partial charge in [0.05, 0.1) is 18.2 Å². The van der Waals surface area contributed by atoms with Crippen LogP contribution in [0, 0.1) is 0 Å². The number of ether oxygens (including phenoxy) is 1. The Bertz CT molecular complexity index is 568. The third-order valence-electron chi connectivity index (χ3n) is 4.42. The average Bonchev–Trinajstić information content (AvgIpc) is 2.57. The van der Waals surface area contributed by atoms with Gasteiger partial charge in [-0.1, -0.05) is 61.5 Å². The van der Waals surface area contributed by atoms with Gasteiger partial charge in [0.2, 0.25) is 0 Å². The second-order valence-electron chi connectivity index (χ2n) is 5.97. The molecule has 2 atom stereocenters. The Morgan fingerprint density at radius 3 is 2.38 bits per heavy atom. The van der Waals surface area contributed by atoms with Crippen LogP contribution in [0.15, 0.2) is 54.6 Å². The normalized spacial score (nSPS) is 25.7. The largest absolute Gasteiger partial charge is 0.370 e. The molecule has 2 nitrogen and oxygen atoms in total. The molecule has 0 amide bonds. The van der Waals surface area contributed by atoms with E-state index in [-0.39, 0.29) is 11.6 Å². The second-order valence-corrected chi connectivity index (χ2v) is 5.97. The van der Waals surface area contributed by atoms with Gasteiger partial charge in [-0.3, -0.25) is 0 Å². The van der Waals surface area contributed by atoms with Crippen LogP contribution in [-0.4, -0.2) is 13.2 Å². The highest BCUT2D eigenvalue weighted by molar-refractivity contribution is 5.27. The van der Waals surface area contributed by atoms with Crippen molar-refractivity contribution in [3.63, 3.8) is 0 Å². The number of benzene rings is 2. The van der Waals surface area contributed by atoms with E-state index in [1.807, 2.05) is 0 Å². The van der Waals surface area contributed by atoms with Crippen molar-refractivity contribution >= 4 is 0 Å². The molecule has 1 N–H and O–H groups in total. The zero-order valence-electron chi connectivity index (χ0n) is 12.8. The zero-order valence-corrected chi connectivity index (χ0v) is 12.8. The fourth-order valence-electron chi connectivity index (χ4n) is 2.87. The lowest BCUT2D eigenvalue weighted by molar-refractivity contribution is -0.0307. The van der Waals surface area contributed by atoms with Gasteiger partial charge in [-0.25, -0.2) is 0 Å². The Morgan fingerprint density at radius 2 is 1.81 bits per heavy atom. The molecule has 1 heterocycles. The van der Waals surface area contributed by atoms with Gasteiger partial charge >= 0.3 is 0 Å². The highest BCUT2D eigenvalue weighted by atomic mass is 16.5. The Balaban J connectivity index is 1.69. The molecule has 0 bridgehead atoms. The number of morpholine rings is 1. The highest BCUT2D eigenvalue weighted by Gasteiger charge is 2.33. The van der Waals surface area contributed by atoms with E-state index in [4.69, 9.17) is 4.74 Å². The second kappa shape index (κ2) is 6.00. The molecular weight excluding hydrogens is 258 g/mol. The predicted molar refractivity (Wildman–Crippen MR) is 86.3 cm³/mol. The Hall–Kier alpha value is -1.64. The van der Waals surface area contributed by atoms with E-state index in [0.717, 1.165) is 13.0 Å². The van der Waals surface area contributed by atoms with Crippen LogP contribution >= 0.6 is 0 Å². The monoisotopic (exact) mass is 281 g/mol. The first kappa shape index (κ1) is 14.3. The summed E-state index contributed by atoms with van der Waals surface area (Å²) in [4.78, 5) is 0. The summed E-state index contributed by atoms with van der Waals surface area (Å²) < 4.78 is 6.15. The molecule has 2 aromatic rings. The van der Waals surface area contributed by atoms with Crippen molar-refractivity contribution in [3.8, 4) is 0 Å². The fourth-order valence-corrected chi connectivity index (χ4v) is 2.87. The highest BCUT2D eigenvalue weighted by Crippen LogP contribution is 2.30. The van der Waals surface area contributed by atoms with Gasteiger partial charge in [0.15, 0.2) is 0 Å². The lowest BCUT2D eigenvalue weighted by Gasteiger charge is -2.39. The van der Waals surface area contributed by atoms with E-state index < -0.39 is 0 Å². The van der Waals surface area contributed by atoms with Crippen molar-refractivity contribution in [2.75, 3.05) is 13.2 Å². The molecule has 2 aromatic carbocycles. The van der Waals surface area contributed by atoms with Crippen LogP contribution in [0.5, 0.6) is 0 Å². The van der Waals surface area contributed by atoms with Crippen LogP contribution in [0.3, 0.4) is 0 Å². The van der Waals surface area contributed by atoms with Crippen LogP contribution < -0.4 is 5.32 Å². The molecule has 110 valence electrons. The summed E-state index contributed by atoms with van der Waals surface area (Å²) >= 11 is 0. The smallest absolute Gasteiger partial charge is 0.0950 e. The molecule has 1 saturated heterocycles. The molecule has 0 spiro atoms. The molecule has 1 aliphatic heterocycles. The summed E-state index contributed by atoms with van der Waals surface area (Å²) in [6.45, 7) is 5.92. The molecule has 21 heavy (non-hydrogen) atoms. The van der Waals surface area contributed by atoms with Crippen molar-refractivity contribution in [2.45, 2.75) is 31.9 Å². The quantitative estimate of drug-likeness (QED) is 0.923. The van der Waals surface area contributed by atoms with E-state index in [1.165, 1.54) is 16.7 Å². The molecule has 0 aromatic heterocycles. The predicted octanol–water partition coefficient (Wildman–Crippen LogP) is 3.83. The van der Waals surface area contributed by atoms with E-state index in [0.29, 0.717) is 6.61 Å². The SMILES string of the molecule is CCc1ccc(C2CNC(C)(c3ccccc3)CO2)cc1. The molecule has 2 unspecified atom stereocenters. The maximum Gasteiger partial charge on any atom is 0.0950 e. The molecule has 0 radical (unpaired) electrons. The Morgan fingerprint density at radius 1 is 1.10 bits per heavy atom. The minimum Gasteiger partial charge on any atom is -0.370 e. The van der Waals surface area contributed by atoms with Gasteiger partial charge in [0, 0.05) is 6.54 Å². The minimum absolute atomic E-state index is 0.0961. The van der Waals surface area contributed by atoms with Gasteiger partial charge in [0.25, 0.3) is 0 Å². The molecule has 0 aliphatic carbocycles. The molecule has 2 heteroatoms. The Labute approximate surface area is 127 Å². The number of aryl methyl sites for hydroxylation is 1.